The zero-order valence-corrected chi connectivity index (χ0v) is 9.57. The largest absolute Gasteiger partial charge is 0.359 e. The Hall–Kier alpha value is -1.36. The number of imidazole rings is 1. The molecule has 0 aromatic carbocycles. The quantitative estimate of drug-likeness (QED) is 0.726. The number of nitrogens with one attached hydrogen (secondary N) is 2. The summed E-state index contributed by atoms with van der Waals surface area (Å²) in [6.45, 7) is 1.54. The lowest BCUT2D eigenvalue weighted by molar-refractivity contribution is -0.120. The van der Waals surface area contributed by atoms with Crippen LogP contribution in [0.15, 0.2) is 12.5 Å². The maximum atomic E-state index is 11.1. The molecular formula is C11H18N4O. The molecule has 0 atom stereocenters. The highest BCUT2D eigenvalue weighted by atomic mass is 16.1. The van der Waals surface area contributed by atoms with E-state index in [1.54, 1.807) is 13.4 Å². The van der Waals surface area contributed by atoms with Gasteiger partial charge < -0.3 is 15.2 Å². The topological polar surface area (TPSA) is 59.0 Å². The lowest BCUT2D eigenvalue weighted by Crippen LogP contribution is -2.21. The van der Waals surface area contributed by atoms with Gasteiger partial charge in [0.2, 0.25) is 5.91 Å². The number of hydrogen-bond donors (Lipinski definition) is 2. The van der Waals surface area contributed by atoms with Crippen molar-refractivity contribution in [3.63, 3.8) is 0 Å². The second-order valence-corrected chi connectivity index (χ2v) is 4.16. The van der Waals surface area contributed by atoms with E-state index in [9.17, 15) is 4.79 Å². The first kappa shape index (κ1) is 11.1. The van der Waals surface area contributed by atoms with Crippen molar-refractivity contribution in [2.75, 3.05) is 7.05 Å². The van der Waals surface area contributed by atoms with Gasteiger partial charge in [0.1, 0.15) is 0 Å². The molecule has 5 nitrogen and oxygen atoms in total. The van der Waals surface area contributed by atoms with E-state index >= 15 is 0 Å². The molecule has 1 amide bonds. The molecule has 5 heteroatoms. The Morgan fingerprint density at radius 2 is 2.44 bits per heavy atom. The number of carbonyl (C=O) groups is 1. The predicted molar refractivity (Wildman–Crippen MR) is 60.8 cm³/mol. The molecular weight excluding hydrogens is 204 g/mol. The molecule has 1 saturated carbocycles. The van der Waals surface area contributed by atoms with Crippen LogP contribution < -0.4 is 10.6 Å². The minimum Gasteiger partial charge on any atom is -0.359 e. The van der Waals surface area contributed by atoms with Gasteiger partial charge >= 0.3 is 0 Å². The van der Waals surface area contributed by atoms with E-state index in [0.717, 1.165) is 12.2 Å². The first-order valence-corrected chi connectivity index (χ1v) is 5.72. The zero-order chi connectivity index (χ0) is 11.4. The number of carbonyl (C=O) groups excluding carboxylic acids is 1. The van der Waals surface area contributed by atoms with Gasteiger partial charge in [0.25, 0.3) is 0 Å². The van der Waals surface area contributed by atoms with Gasteiger partial charge in [0, 0.05) is 38.8 Å². The number of hydrogen-bond acceptors (Lipinski definition) is 3. The Bertz CT molecular complexity index is 357. The normalized spacial score (nSPS) is 15.1. The highest BCUT2D eigenvalue weighted by molar-refractivity contribution is 5.75. The number of nitrogens with zero attached hydrogens (tertiary/aromatic N) is 2. The Morgan fingerprint density at radius 3 is 3.12 bits per heavy atom. The van der Waals surface area contributed by atoms with Gasteiger partial charge in [0.15, 0.2) is 0 Å². The van der Waals surface area contributed by atoms with Crippen molar-refractivity contribution in [3.05, 3.63) is 18.2 Å². The van der Waals surface area contributed by atoms with Gasteiger partial charge in [0.05, 0.1) is 12.0 Å². The maximum absolute atomic E-state index is 11.1. The van der Waals surface area contributed by atoms with E-state index < -0.39 is 0 Å². The van der Waals surface area contributed by atoms with Crippen LogP contribution in [-0.2, 0) is 17.9 Å². The molecule has 1 fully saturated rings. The molecule has 1 aromatic rings. The third-order valence-corrected chi connectivity index (χ3v) is 2.81. The number of aryl methyl sites for hydroxylation is 1. The summed E-state index contributed by atoms with van der Waals surface area (Å²) in [4.78, 5) is 15.2. The second-order valence-electron chi connectivity index (χ2n) is 4.16. The molecule has 0 aliphatic heterocycles. The summed E-state index contributed by atoms with van der Waals surface area (Å²) >= 11 is 0. The first-order chi connectivity index (χ1) is 7.79. The molecule has 1 aromatic heterocycles. The van der Waals surface area contributed by atoms with Crippen molar-refractivity contribution in [2.24, 2.45) is 0 Å². The van der Waals surface area contributed by atoms with Crippen molar-refractivity contribution in [3.8, 4) is 0 Å². The van der Waals surface area contributed by atoms with Crippen molar-refractivity contribution < 1.29 is 4.79 Å². The molecule has 0 saturated heterocycles. The van der Waals surface area contributed by atoms with E-state index in [1.807, 2.05) is 10.8 Å². The minimum absolute atomic E-state index is 0.0646. The molecule has 0 spiro atoms. The summed E-state index contributed by atoms with van der Waals surface area (Å²) in [5.74, 6) is 0.0646. The summed E-state index contributed by atoms with van der Waals surface area (Å²) in [5.41, 5.74) is 1.15. The average Bonchev–Trinajstić information content (AvgIpc) is 3.02. The van der Waals surface area contributed by atoms with Gasteiger partial charge in [-0.15, -0.1) is 0 Å². The van der Waals surface area contributed by atoms with Crippen LogP contribution in [0.5, 0.6) is 0 Å². The summed E-state index contributed by atoms with van der Waals surface area (Å²) in [5, 5.41) is 6.06. The van der Waals surface area contributed by atoms with E-state index in [4.69, 9.17) is 0 Å². The standard InChI is InChI=1S/C11H18N4O/c1-12-11(16)4-5-15-8-13-6-10(15)7-14-9-2-3-9/h6,8-9,14H,2-5,7H2,1H3,(H,12,16). The van der Waals surface area contributed by atoms with E-state index in [1.165, 1.54) is 12.8 Å². The summed E-state index contributed by atoms with van der Waals surface area (Å²) in [7, 11) is 1.66. The fourth-order valence-electron chi connectivity index (χ4n) is 1.58. The van der Waals surface area contributed by atoms with Crippen molar-refractivity contribution >= 4 is 5.91 Å². The molecule has 1 aliphatic carbocycles. The highest BCUT2D eigenvalue weighted by Gasteiger charge is 2.20. The third kappa shape index (κ3) is 3.06. The van der Waals surface area contributed by atoms with E-state index in [2.05, 4.69) is 15.6 Å². The van der Waals surface area contributed by atoms with Crippen LogP contribution in [0, 0.1) is 0 Å². The lowest BCUT2D eigenvalue weighted by atomic mass is 10.3. The molecule has 2 rings (SSSR count). The molecule has 0 bridgehead atoms. The van der Waals surface area contributed by atoms with Crippen molar-refractivity contribution in [1.82, 2.24) is 20.2 Å². The number of aromatic nitrogens is 2. The monoisotopic (exact) mass is 222 g/mol. The van der Waals surface area contributed by atoms with Gasteiger partial charge in [-0.2, -0.15) is 0 Å². The first-order valence-electron chi connectivity index (χ1n) is 5.72. The molecule has 1 heterocycles. The van der Waals surface area contributed by atoms with Crippen LogP contribution in [0.1, 0.15) is 25.0 Å². The SMILES string of the molecule is CNC(=O)CCn1cncc1CNC1CC1. The van der Waals surface area contributed by atoms with Gasteiger partial charge in [-0.1, -0.05) is 0 Å². The van der Waals surface area contributed by atoms with Crippen LogP contribution in [0.3, 0.4) is 0 Å². The molecule has 88 valence electrons. The highest BCUT2D eigenvalue weighted by Crippen LogP contribution is 2.19. The molecule has 0 radical (unpaired) electrons. The van der Waals surface area contributed by atoms with Gasteiger partial charge in [-0.3, -0.25) is 4.79 Å². The summed E-state index contributed by atoms with van der Waals surface area (Å²) in [6, 6.07) is 0.697. The maximum Gasteiger partial charge on any atom is 0.221 e. The molecule has 1 aliphatic rings. The van der Waals surface area contributed by atoms with Crippen LogP contribution >= 0.6 is 0 Å². The Labute approximate surface area is 95.2 Å². The van der Waals surface area contributed by atoms with Gasteiger partial charge in [-0.05, 0) is 12.8 Å². The fraction of sp³-hybridized carbons (Fsp3) is 0.636. The third-order valence-electron chi connectivity index (χ3n) is 2.81. The second kappa shape index (κ2) is 5.12. The smallest absolute Gasteiger partial charge is 0.221 e. The Kier molecular flexibility index (Phi) is 3.56. The molecule has 16 heavy (non-hydrogen) atoms. The average molecular weight is 222 g/mol. The van der Waals surface area contributed by atoms with E-state index in [0.29, 0.717) is 19.0 Å². The minimum atomic E-state index is 0.0646. The number of rotatable bonds is 6. The van der Waals surface area contributed by atoms with Crippen LogP contribution in [-0.4, -0.2) is 28.5 Å². The Morgan fingerprint density at radius 1 is 1.62 bits per heavy atom. The van der Waals surface area contributed by atoms with Crippen LogP contribution in [0.4, 0.5) is 0 Å². The summed E-state index contributed by atoms with van der Waals surface area (Å²) < 4.78 is 2.03. The zero-order valence-electron chi connectivity index (χ0n) is 9.57. The predicted octanol–water partition coefficient (Wildman–Crippen LogP) is 0.271. The number of amides is 1. The van der Waals surface area contributed by atoms with Crippen LogP contribution in [0.2, 0.25) is 0 Å². The Balaban J connectivity index is 1.82. The van der Waals surface area contributed by atoms with Crippen molar-refractivity contribution in [2.45, 2.75) is 38.4 Å². The fourth-order valence-corrected chi connectivity index (χ4v) is 1.58. The van der Waals surface area contributed by atoms with E-state index in [-0.39, 0.29) is 5.91 Å². The molecule has 2 N–H and O–H groups in total. The van der Waals surface area contributed by atoms with Crippen LogP contribution in [0.25, 0.3) is 0 Å². The molecule has 0 unspecified atom stereocenters. The lowest BCUT2D eigenvalue weighted by Gasteiger charge is -2.08. The van der Waals surface area contributed by atoms with Gasteiger partial charge in [-0.25, -0.2) is 4.98 Å². The van der Waals surface area contributed by atoms with Crippen molar-refractivity contribution in [1.29, 1.82) is 0 Å². The summed E-state index contributed by atoms with van der Waals surface area (Å²) in [6.07, 6.45) is 6.72.